The van der Waals surface area contributed by atoms with Crippen LogP contribution < -0.4 is 0 Å². The summed E-state index contributed by atoms with van der Waals surface area (Å²) in [6.07, 6.45) is 0. The van der Waals surface area contributed by atoms with Crippen LogP contribution in [0.1, 0.15) is 0 Å². The topological polar surface area (TPSA) is 48.8 Å². The third kappa shape index (κ3) is 3.96. The highest BCUT2D eigenvalue weighted by Crippen LogP contribution is 2.42. The summed E-state index contributed by atoms with van der Waals surface area (Å²) in [7, 11) is 0. The van der Waals surface area contributed by atoms with E-state index in [2.05, 4.69) is 143 Å². The largest absolute Gasteiger partial charge is 0.455 e. The van der Waals surface area contributed by atoms with E-state index in [4.69, 9.17) is 14.4 Å². The van der Waals surface area contributed by atoms with E-state index in [9.17, 15) is 0 Å². The fourth-order valence-corrected chi connectivity index (χ4v) is 8.59. The van der Waals surface area contributed by atoms with Gasteiger partial charge in [-0.25, -0.2) is 9.97 Å². The average Bonchev–Trinajstić information content (AvgIpc) is 3.87. The third-order valence-electron chi connectivity index (χ3n) is 10.9. The van der Waals surface area contributed by atoms with E-state index in [1.54, 1.807) is 0 Å². The van der Waals surface area contributed by atoms with Crippen LogP contribution in [-0.4, -0.2) is 19.1 Å². The van der Waals surface area contributed by atoms with E-state index in [1.165, 1.54) is 27.2 Å². The molecule has 5 heteroatoms. The molecule has 5 nitrogen and oxygen atoms in total. The van der Waals surface area contributed by atoms with Crippen LogP contribution in [0.3, 0.4) is 0 Å². The molecule has 0 aliphatic carbocycles. The minimum Gasteiger partial charge on any atom is -0.455 e. The molecule has 8 aromatic carbocycles. The maximum absolute atomic E-state index is 6.59. The first-order valence-corrected chi connectivity index (χ1v) is 17.9. The van der Waals surface area contributed by atoms with Crippen molar-refractivity contribution in [3.63, 3.8) is 0 Å². The van der Waals surface area contributed by atoms with Gasteiger partial charge in [0.25, 0.3) is 0 Å². The molecule has 0 amide bonds. The van der Waals surface area contributed by atoms with Gasteiger partial charge in [-0.15, -0.1) is 0 Å². The summed E-state index contributed by atoms with van der Waals surface area (Å²) in [5.41, 5.74) is 10.7. The molecule has 246 valence electrons. The van der Waals surface area contributed by atoms with Gasteiger partial charge < -0.3 is 8.98 Å². The van der Waals surface area contributed by atoms with Gasteiger partial charge in [-0.2, -0.15) is 0 Å². The zero-order valence-corrected chi connectivity index (χ0v) is 28.4. The Bertz CT molecular complexity index is 3420. The molecule has 12 rings (SSSR count). The lowest BCUT2D eigenvalue weighted by Gasteiger charge is -2.15. The number of rotatable bonds is 3. The molecule has 0 N–H and O–H groups in total. The molecule has 0 unspecified atom stereocenters. The molecule has 4 heterocycles. The smallest absolute Gasteiger partial charge is 0.165 e. The fourth-order valence-electron chi connectivity index (χ4n) is 8.59. The van der Waals surface area contributed by atoms with Crippen molar-refractivity contribution in [1.29, 1.82) is 0 Å². The van der Waals surface area contributed by atoms with Gasteiger partial charge in [0.2, 0.25) is 0 Å². The van der Waals surface area contributed by atoms with Crippen molar-refractivity contribution >= 4 is 87.4 Å². The highest BCUT2D eigenvalue weighted by Gasteiger charge is 2.23. The third-order valence-corrected chi connectivity index (χ3v) is 10.9. The number of hydrogen-bond acceptors (Lipinski definition) is 3. The standard InChI is InChI=1S/C48H28N4O/c1-7-22-40-30(14-1)31-15-2-8-23-41(31)51(40)43-25-11-13-29-27-44-37(28-36(29)43)32-16-3-9-24-42(32)52(44)48-46(49-38-20-5-6-21-39(38)50-48)35-19-12-18-34-33-17-4-10-26-45(33)53-47(34)35/h1-28H. The van der Waals surface area contributed by atoms with Gasteiger partial charge in [0, 0.05) is 43.3 Å². The zero-order valence-electron chi connectivity index (χ0n) is 28.4. The molecule has 0 bridgehead atoms. The molecule has 4 aromatic heterocycles. The fraction of sp³-hybridized carbons (Fsp3) is 0. The Morgan fingerprint density at radius 2 is 0.981 bits per heavy atom. The first-order valence-electron chi connectivity index (χ1n) is 17.9. The number of benzene rings is 8. The second-order valence-corrected chi connectivity index (χ2v) is 13.8. The van der Waals surface area contributed by atoms with Gasteiger partial charge in [-0.05, 0) is 66.0 Å². The Morgan fingerprint density at radius 1 is 0.396 bits per heavy atom. The summed E-state index contributed by atoms with van der Waals surface area (Å²) in [5.74, 6) is 0.765. The zero-order chi connectivity index (χ0) is 34.6. The Kier molecular flexibility index (Phi) is 5.71. The molecule has 0 spiro atoms. The van der Waals surface area contributed by atoms with Crippen LogP contribution in [-0.2, 0) is 0 Å². The molecule has 0 fully saturated rings. The molecular formula is C48H28N4O. The van der Waals surface area contributed by atoms with E-state index in [0.29, 0.717) is 0 Å². The lowest BCUT2D eigenvalue weighted by molar-refractivity contribution is 0.669. The van der Waals surface area contributed by atoms with Crippen LogP contribution in [0.4, 0.5) is 0 Å². The molecule has 0 atom stereocenters. The van der Waals surface area contributed by atoms with Crippen LogP contribution in [0.25, 0.3) is 110 Å². The maximum atomic E-state index is 6.59. The van der Waals surface area contributed by atoms with Gasteiger partial charge >= 0.3 is 0 Å². The van der Waals surface area contributed by atoms with Crippen molar-refractivity contribution in [3.8, 4) is 22.8 Å². The van der Waals surface area contributed by atoms with Crippen LogP contribution >= 0.6 is 0 Å². The predicted molar refractivity (Wildman–Crippen MR) is 218 cm³/mol. The Morgan fingerprint density at radius 3 is 1.74 bits per heavy atom. The van der Waals surface area contributed by atoms with Crippen LogP contribution in [0.15, 0.2) is 174 Å². The number of aromatic nitrogens is 4. The molecule has 0 saturated heterocycles. The summed E-state index contributed by atoms with van der Waals surface area (Å²) < 4.78 is 11.3. The van der Waals surface area contributed by atoms with Crippen LogP contribution in [0.5, 0.6) is 0 Å². The second kappa shape index (κ2) is 10.6. The Balaban J connectivity index is 1.19. The van der Waals surface area contributed by atoms with Crippen molar-refractivity contribution in [2.75, 3.05) is 0 Å². The van der Waals surface area contributed by atoms with Gasteiger partial charge in [0.15, 0.2) is 5.82 Å². The summed E-state index contributed by atoms with van der Waals surface area (Å²) in [6, 6.07) is 60.0. The van der Waals surface area contributed by atoms with Crippen LogP contribution in [0.2, 0.25) is 0 Å². The Labute approximate surface area is 302 Å². The minimum absolute atomic E-state index is 0.765. The molecule has 0 aliphatic rings. The molecule has 0 radical (unpaired) electrons. The van der Waals surface area contributed by atoms with Crippen molar-refractivity contribution in [3.05, 3.63) is 170 Å². The number of hydrogen-bond donors (Lipinski definition) is 0. The van der Waals surface area contributed by atoms with Gasteiger partial charge in [0.1, 0.15) is 16.9 Å². The highest BCUT2D eigenvalue weighted by molar-refractivity contribution is 6.17. The molecule has 0 saturated carbocycles. The van der Waals surface area contributed by atoms with E-state index in [0.717, 1.165) is 82.9 Å². The summed E-state index contributed by atoms with van der Waals surface area (Å²) in [4.78, 5) is 10.8. The van der Waals surface area contributed by atoms with Crippen molar-refractivity contribution in [1.82, 2.24) is 19.1 Å². The van der Waals surface area contributed by atoms with Crippen molar-refractivity contribution < 1.29 is 4.42 Å². The number of furan rings is 1. The van der Waals surface area contributed by atoms with Crippen molar-refractivity contribution in [2.45, 2.75) is 0 Å². The number of fused-ring (bicyclic) bond motifs is 11. The lowest BCUT2D eigenvalue weighted by Crippen LogP contribution is -2.04. The number of nitrogens with zero attached hydrogens (tertiary/aromatic N) is 4. The monoisotopic (exact) mass is 676 g/mol. The molecular weight excluding hydrogens is 649 g/mol. The predicted octanol–water partition coefficient (Wildman–Crippen LogP) is 12.5. The van der Waals surface area contributed by atoms with Gasteiger partial charge in [-0.1, -0.05) is 109 Å². The van der Waals surface area contributed by atoms with E-state index < -0.39 is 0 Å². The normalized spacial score (nSPS) is 12.2. The first kappa shape index (κ1) is 28.5. The summed E-state index contributed by atoms with van der Waals surface area (Å²) in [5, 5.41) is 9.29. The molecule has 12 aromatic rings. The highest BCUT2D eigenvalue weighted by atomic mass is 16.3. The van der Waals surface area contributed by atoms with Crippen molar-refractivity contribution in [2.24, 2.45) is 0 Å². The summed E-state index contributed by atoms with van der Waals surface area (Å²) in [6.45, 7) is 0. The van der Waals surface area contributed by atoms with E-state index >= 15 is 0 Å². The lowest BCUT2D eigenvalue weighted by atomic mass is 10.0. The maximum Gasteiger partial charge on any atom is 0.165 e. The van der Waals surface area contributed by atoms with Crippen LogP contribution in [0, 0.1) is 0 Å². The SMILES string of the molecule is c1cc(-n2c3ccccc3c3ccccc32)c2cc3c4ccccc4n(-c4nc5ccccc5nc4-c4cccc5c4oc4ccccc45)c3cc2c1. The van der Waals surface area contributed by atoms with E-state index in [-0.39, 0.29) is 0 Å². The molecule has 53 heavy (non-hydrogen) atoms. The van der Waals surface area contributed by atoms with Gasteiger partial charge in [-0.3, -0.25) is 4.57 Å². The van der Waals surface area contributed by atoms with E-state index in [1.807, 2.05) is 36.4 Å². The number of para-hydroxylation sites is 7. The first-order chi connectivity index (χ1) is 26.3. The average molecular weight is 677 g/mol. The quantitative estimate of drug-likeness (QED) is 0.187. The summed E-state index contributed by atoms with van der Waals surface area (Å²) >= 11 is 0. The Hall–Kier alpha value is -7.24. The van der Waals surface area contributed by atoms with Gasteiger partial charge in [0.05, 0.1) is 38.8 Å². The minimum atomic E-state index is 0.765. The second-order valence-electron chi connectivity index (χ2n) is 13.8. The molecule has 0 aliphatic heterocycles.